The zero-order valence-electron chi connectivity index (χ0n) is 14.6. The number of imidazole rings is 1. The molecule has 0 saturated heterocycles. The zero-order valence-corrected chi connectivity index (χ0v) is 14.6. The Labute approximate surface area is 149 Å². The summed E-state index contributed by atoms with van der Waals surface area (Å²) in [6, 6.07) is 5.96. The number of benzene rings is 1. The van der Waals surface area contributed by atoms with Crippen molar-refractivity contribution in [1.29, 1.82) is 0 Å². The van der Waals surface area contributed by atoms with Crippen molar-refractivity contribution < 1.29 is 9.15 Å². The van der Waals surface area contributed by atoms with Gasteiger partial charge in [-0.3, -0.25) is 4.68 Å². The number of methoxy groups -OCH3 is 1. The van der Waals surface area contributed by atoms with Crippen molar-refractivity contribution in [2.24, 2.45) is 7.05 Å². The maximum Gasteiger partial charge on any atom is 0.268 e. The summed E-state index contributed by atoms with van der Waals surface area (Å²) in [5.74, 6) is 1.73. The molecule has 8 heteroatoms. The van der Waals surface area contributed by atoms with Crippen LogP contribution in [0, 0.1) is 6.92 Å². The second-order valence-corrected chi connectivity index (χ2v) is 6.27. The van der Waals surface area contributed by atoms with Gasteiger partial charge < -0.3 is 13.7 Å². The third-order valence-corrected chi connectivity index (χ3v) is 4.58. The Balaban J connectivity index is 1.80. The highest BCUT2D eigenvalue weighted by Crippen LogP contribution is 2.38. The van der Waals surface area contributed by atoms with Gasteiger partial charge in [0.05, 0.1) is 24.2 Å². The van der Waals surface area contributed by atoms with Crippen LogP contribution in [-0.4, -0.2) is 36.6 Å². The predicted octanol–water partition coefficient (Wildman–Crippen LogP) is 2.54. The van der Waals surface area contributed by atoms with E-state index in [1.807, 2.05) is 36.1 Å². The molecule has 0 radical (unpaired) electrons. The molecule has 26 heavy (non-hydrogen) atoms. The van der Waals surface area contributed by atoms with Gasteiger partial charge in [-0.15, -0.1) is 10.2 Å². The largest absolute Gasteiger partial charge is 0.497 e. The average Bonchev–Trinajstić information content (AvgIpc) is 3.32. The van der Waals surface area contributed by atoms with Crippen LogP contribution in [0.25, 0.3) is 28.5 Å². The number of hydrogen-bond donors (Lipinski definition) is 0. The minimum Gasteiger partial charge on any atom is -0.497 e. The highest BCUT2D eigenvalue weighted by atomic mass is 16.5. The van der Waals surface area contributed by atoms with Crippen LogP contribution >= 0.6 is 0 Å². The van der Waals surface area contributed by atoms with Gasteiger partial charge in [0.2, 0.25) is 5.89 Å². The van der Waals surface area contributed by atoms with E-state index in [0.717, 1.165) is 34.0 Å². The molecule has 3 aromatic heterocycles. The van der Waals surface area contributed by atoms with E-state index in [0.29, 0.717) is 23.9 Å². The number of hydrogen-bond acceptors (Lipinski definition) is 6. The monoisotopic (exact) mass is 348 g/mol. The summed E-state index contributed by atoms with van der Waals surface area (Å²) in [6.45, 7) is 1.77. The summed E-state index contributed by atoms with van der Waals surface area (Å²) in [5.41, 5.74) is 5.74. The molecule has 4 aromatic rings. The van der Waals surface area contributed by atoms with Crippen LogP contribution in [0.15, 0.2) is 35.1 Å². The van der Waals surface area contributed by atoms with E-state index in [-0.39, 0.29) is 0 Å². The van der Waals surface area contributed by atoms with Crippen molar-refractivity contribution in [3.8, 4) is 34.3 Å². The molecule has 8 nitrogen and oxygen atoms in total. The van der Waals surface area contributed by atoms with Crippen LogP contribution < -0.4 is 4.74 Å². The van der Waals surface area contributed by atoms with E-state index in [4.69, 9.17) is 9.15 Å². The molecular formula is C18H16N6O2. The van der Waals surface area contributed by atoms with Crippen molar-refractivity contribution in [1.82, 2.24) is 29.5 Å². The Bertz CT molecular complexity index is 1140. The maximum absolute atomic E-state index is 5.61. The van der Waals surface area contributed by atoms with Gasteiger partial charge in [-0.2, -0.15) is 5.10 Å². The lowest BCUT2D eigenvalue weighted by atomic mass is 10.0. The van der Waals surface area contributed by atoms with Crippen molar-refractivity contribution in [3.63, 3.8) is 0 Å². The van der Waals surface area contributed by atoms with Gasteiger partial charge in [0.25, 0.3) is 5.89 Å². The van der Waals surface area contributed by atoms with Gasteiger partial charge in [-0.05, 0) is 18.2 Å². The molecule has 0 saturated carbocycles. The first-order valence-corrected chi connectivity index (χ1v) is 8.22. The Morgan fingerprint density at radius 1 is 1.19 bits per heavy atom. The maximum atomic E-state index is 5.61. The van der Waals surface area contributed by atoms with Crippen molar-refractivity contribution >= 4 is 0 Å². The predicted molar refractivity (Wildman–Crippen MR) is 93.2 cm³/mol. The minimum atomic E-state index is 0.429. The third-order valence-electron chi connectivity index (χ3n) is 4.58. The molecular weight excluding hydrogens is 332 g/mol. The van der Waals surface area contributed by atoms with Crippen molar-refractivity contribution in [2.45, 2.75) is 13.3 Å². The third kappa shape index (κ3) is 2.08. The molecule has 0 fully saturated rings. The highest BCUT2D eigenvalue weighted by Gasteiger charge is 2.27. The molecule has 0 aliphatic carbocycles. The lowest BCUT2D eigenvalue weighted by molar-refractivity contribution is 0.415. The molecule has 0 spiro atoms. The van der Waals surface area contributed by atoms with Crippen LogP contribution in [0.1, 0.15) is 17.1 Å². The molecule has 4 heterocycles. The number of fused-ring (bicyclic) bond motifs is 5. The Morgan fingerprint density at radius 3 is 2.85 bits per heavy atom. The summed E-state index contributed by atoms with van der Waals surface area (Å²) in [6.07, 6.45) is 4.49. The van der Waals surface area contributed by atoms with Crippen LogP contribution in [0.3, 0.4) is 0 Å². The molecule has 130 valence electrons. The molecule has 0 atom stereocenters. The van der Waals surface area contributed by atoms with Gasteiger partial charge in [0.1, 0.15) is 17.8 Å². The zero-order chi connectivity index (χ0) is 17.8. The van der Waals surface area contributed by atoms with Crippen LogP contribution in [0.2, 0.25) is 0 Å². The standard InChI is InChI=1S/C18H16N6O2/c1-10-20-21-18(26-10)17-15-6-11-8-23(2)22-16(11)13-7-12(25-3)4-5-14(13)24(15)9-19-17/h4-5,7-9H,6H2,1-3H3. The molecule has 0 N–H and O–H groups in total. The first-order valence-electron chi connectivity index (χ1n) is 8.22. The average molecular weight is 348 g/mol. The first kappa shape index (κ1) is 14.9. The quantitative estimate of drug-likeness (QED) is 0.487. The lowest BCUT2D eigenvalue weighted by Gasteiger charge is -2.11. The van der Waals surface area contributed by atoms with Gasteiger partial charge in [0.15, 0.2) is 0 Å². The van der Waals surface area contributed by atoms with E-state index in [2.05, 4.69) is 24.8 Å². The highest BCUT2D eigenvalue weighted by molar-refractivity contribution is 5.77. The van der Waals surface area contributed by atoms with Crippen LogP contribution in [0.5, 0.6) is 5.75 Å². The van der Waals surface area contributed by atoms with Gasteiger partial charge >= 0.3 is 0 Å². The van der Waals surface area contributed by atoms with Gasteiger partial charge in [-0.25, -0.2) is 4.98 Å². The topological polar surface area (TPSA) is 83.8 Å². The van der Waals surface area contributed by atoms with Crippen molar-refractivity contribution in [3.05, 3.63) is 47.9 Å². The van der Waals surface area contributed by atoms with Crippen LogP contribution in [-0.2, 0) is 13.5 Å². The van der Waals surface area contributed by atoms with E-state index in [9.17, 15) is 0 Å². The summed E-state index contributed by atoms with van der Waals surface area (Å²) >= 11 is 0. The molecule has 5 rings (SSSR count). The number of aromatic nitrogens is 6. The van der Waals surface area contributed by atoms with Gasteiger partial charge in [0, 0.05) is 37.7 Å². The molecule has 1 aliphatic rings. The molecule has 1 aliphatic heterocycles. The van der Waals surface area contributed by atoms with E-state index < -0.39 is 0 Å². The fourth-order valence-electron chi connectivity index (χ4n) is 3.44. The summed E-state index contributed by atoms with van der Waals surface area (Å²) in [4.78, 5) is 4.55. The fraction of sp³-hybridized carbons (Fsp3) is 0.222. The summed E-state index contributed by atoms with van der Waals surface area (Å²) in [7, 11) is 3.59. The van der Waals surface area contributed by atoms with Crippen LogP contribution in [0.4, 0.5) is 0 Å². The van der Waals surface area contributed by atoms with E-state index >= 15 is 0 Å². The molecule has 0 unspecified atom stereocenters. The number of aryl methyl sites for hydroxylation is 2. The SMILES string of the molecule is COc1ccc2c(c1)-c1nn(C)cc1Cc1c(-c3nnc(C)o3)ncn1-2. The smallest absolute Gasteiger partial charge is 0.268 e. The number of rotatable bonds is 2. The van der Waals surface area contributed by atoms with E-state index in [1.165, 1.54) is 0 Å². The first-order chi connectivity index (χ1) is 12.6. The minimum absolute atomic E-state index is 0.429. The summed E-state index contributed by atoms with van der Waals surface area (Å²) in [5, 5.41) is 12.7. The summed E-state index contributed by atoms with van der Waals surface area (Å²) < 4.78 is 14.9. The Kier molecular flexibility index (Phi) is 3.03. The van der Waals surface area contributed by atoms with E-state index in [1.54, 1.807) is 20.4 Å². The Morgan fingerprint density at radius 2 is 2.08 bits per heavy atom. The normalized spacial score (nSPS) is 12.3. The second kappa shape index (κ2) is 5.29. The number of ether oxygens (including phenoxy) is 1. The number of nitrogens with zero attached hydrogens (tertiary/aromatic N) is 6. The second-order valence-electron chi connectivity index (χ2n) is 6.27. The van der Waals surface area contributed by atoms with Gasteiger partial charge in [-0.1, -0.05) is 0 Å². The lowest BCUT2D eigenvalue weighted by Crippen LogP contribution is -2.00. The molecule has 1 aromatic carbocycles. The fourth-order valence-corrected chi connectivity index (χ4v) is 3.44. The molecule has 0 bridgehead atoms. The van der Waals surface area contributed by atoms with Crippen molar-refractivity contribution in [2.75, 3.05) is 7.11 Å². The Hall–Kier alpha value is -3.42. The molecule has 0 amide bonds.